The minimum absolute atomic E-state index is 0.206. The van der Waals surface area contributed by atoms with Crippen LogP contribution < -0.4 is 4.74 Å². The molecule has 0 radical (unpaired) electrons. The Bertz CT molecular complexity index is 1100. The molecule has 3 rings (SSSR count). The average molecular weight is 440 g/mol. The van der Waals surface area contributed by atoms with E-state index in [4.69, 9.17) is 9.47 Å². The van der Waals surface area contributed by atoms with Crippen molar-refractivity contribution < 1.29 is 14.3 Å². The number of rotatable bonds is 6. The molecule has 0 saturated heterocycles. The number of ether oxygens (including phenoxy) is 2. The van der Waals surface area contributed by atoms with Crippen molar-refractivity contribution in [3.05, 3.63) is 57.8 Å². The summed E-state index contributed by atoms with van der Waals surface area (Å²) in [5, 5.41) is 9.66. The van der Waals surface area contributed by atoms with Gasteiger partial charge in [-0.15, -0.1) is 0 Å². The second-order valence-electron chi connectivity index (χ2n) is 6.05. The van der Waals surface area contributed by atoms with Crippen LogP contribution in [0, 0.1) is 18.3 Å². The van der Waals surface area contributed by atoms with Crippen molar-refractivity contribution in [1.82, 2.24) is 9.97 Å². The van der Waals surface area contributed by atoms with Gasteiger partial charge in [-0.3, -0.25) is 0 Å². The van der Waals surface area contributed by atoms with Crippen molar-refractivity contribution in [3.63, 3.8) is 0 Å². The Morgan fingerprint density at radius 2 is 2.14 bits per heavy atom. The molecule has 0 fully saturated rings. The summed E-state index contributed by atoms with van der Waals surface area (Å²) in [6.07, 6.45) is 1.68. The van der Waals surface area contributed by atoms with Crippen LogP contribution in [0.3, 0.4) is 0 Å². The molecular formula is C21H18BrN3O3. The molecule has 0 unspecified atom stereocenters. The lowest BCUT2D eigenvalue weighted by atomic mass is 10.1. The van der Waals surface area contributed by atoms with Crippen LogP contribution in [-0.2, 0) is 9.53 Å². The Hall–Kier alpha value is -3.11. The Labute approximate surface area is 170 Å². The van der Waals surface area contributed by atoms with E-state index in [1.165, 1.54) is 0 Å². The molecule has 0 aliphatic carbocycles. The van der Waals surface area contributed by atoms with Crippen LogP contribution in [-0.4, -0.2) is 29.2 Å². The molecular weight excluding hydrogens is 422 g/mol. The zero-order chi connectivity index (χ0) is 20.1. The number of aryl methyl sites for hydroxylation is 1. The molecule has 0 aliphatic heterocycles. The van der Waals surface area contributed by atoms with Gasteiger partial charge in [-0.2, -0.15) is 5.26 Å². The predicted molar refractivity (Wildman–Crippen MR) is 111 cm³/mol. The molecule has 1 aromatic heterocycles. The molecule has 3 aromatic rings. The fourth-order valence-corrected chi connectivity index (χ4v) is 3.04. The van der Waals surface area contributed by atoms with Crippen molar-refractivity contribution in [1.29, 1.82) is 5.26 Å². The SMILES string of the molecule is CCOC(=O)COc1ccc(Br)cc1/C=C(/C#N)c1nc2ccc(C)cc2[nH]1. The van der Waals surface area contributed by atoms with Gasteiger partial charge in [-0.05, 0) is 55.8 Å². The number of allylic oxidation sites excluding steroid dienone is 1. The summed E-state index contributed by atoms with van der Waals surface area (Å²) in [6, 6.07) is 13.4. The molecule has 0 atom stereocenters. The minimum Gasteiger partial charge on any atom is -0.481 e. The topological polar surface area (TPSA) is 88.0 Å². The number of esters is 1. The number of hydrogen-bond donors (Lipinski definition) is 1. The Morgan fingerprint density at radius 3 is 2.89 bits per heavy atom. The van der Waals surface area contributed by atoms with E-state index in [0.717, 1.165) is 21.1 Å². The molecule has 6 nitrogen and oxygen atoms in total. The highest BCUT2D eigenvalue weighted by atomic mass is 79.9. The lowest BCUT2D eigenvalue weighted by Gasteiger charge is -2.09. The van der Waals surface area contributed by atoms with Gasteiger partial charge in [-0.1, -0.05) is 22.0 Å². The molecule has 142 valence electrons. The number of carbonyl (C=O) groups is 1. The number of halogens is 1. The molecule has 0 aliphatic rings. The first-order valence-corrected chi connectivity index (χ1v) is 9.46. The first kappa shape index (κ1) is 19.6. The number of H-pyrrole nitrogens is 1. The van der Waals surface area contributed by atoms with E-state index in [1.54, 1.807) is 25.1 Å². The second kappa shape index (κ2) is 8.72. The first-order chi connectivity index (χ1) is 13.5. The monoisotopic (exact) mass is 439 g/mol. The highest BCUT2D eigenvalue weighted by Gasteiger charge is 2.12. The number of nitriles is 1. The van der Waals surface area contributed by atoms with E-state index in [-0.39, 0.29) is 6.61 Å². The molecule has 0 saturated carbocycles. The minimum atomic E-state index is -0.450. The largest absolute Gasteiger partial charge is 0.481 e. The maximum Gasteiger partial charge on any atom is 0.344 e. The number of nitrogens with one attached hydrogen (secondary N) is 1. The molecule has 2 aromatic carbocycles. The molecule has 0 amide bonds. The standard InChI is InChI=1S/C21H18BrN3O3/c1-3-27-20(26)12-28-19-7-5-16(22)10-14(19)9-15(11-23)21-24-17-6-4-13(2)8-18(17)25-21/h4-10H,3,12H2,1-2H3,(H,24,25)/b15-9-. The normalized spacial score (nSPS) is 11.3. The van der Waals surface area contributed by atoms with Crippen molar-refractivity contribution >= 4 is 44.6 Å². The third-order valence-electron chi connectivity index (χ3n) is 3.94. The van der Waals surface area contributed by atoms with E-state index in [9.17, 15) is 10.1 Å². The van der Waals surface area contributed by atoms with Gasteiger partial charge in [0.25, 0.3) is 0 Å². The first-order valence-electron chi connectivity index (χ1n) is 8.66. The van der Waals surface area contributed by atoms with Crippen molar-refractivity contribution in [2.24, 2.45) is 0 Å². The quantitative estimate of drug-likeness (QED) is 0.446. The summed E-state index contributed by atoms with van der Waals surface area (Å²) in [4.78, 5) is 19.3. The molecule has 0 spiro atoms. The van der Waals surface area contributed by atoms with Crippen LogP contribution in [0.25, 0.3) is 22.7 Å². The zero-order valence-corrected chi connectivity index (χ0v) is 17.0. The number of fused-ring (bicyclic) bond motifs is 1. The molecule has 7 heteroatoms. The van der Waals surface area contributed by atoms with Gasteiger partial charge in [0.15, 0.2) is 6.61 Å². The maximum absolute atomic E-state index is 11.6. The second-order valence-corrected chi connectivity index (χ2v) is 6.97. The smallest absolute Gasteiger partial charge is 0.344 e. The van der Waals surface area contributed by atoms with E-state index in [2.05, 4.69) is 32.0 Å². The fourth-order valence-electron chi connectivity index (χ4n) is 2.66. The third kappa shape index (κ3) is 4.59. The van der Waals surface area contributed by atoms with Crippen LogP contribution in [0.15, 0.2) is 40.9 Å². The number of aromatic nitrogens is 2. The van der Waals surface area contributed by atoms with E-state index < -0.39 is 5.97 Å². The van der Waals surface area contributed by atoms with Gasteiger partial charge < -0.3 is 14.5 Å². The van der Waals surface area contributed by atoms with Gasteiger partial charge in [-0.25, -0.2) is 9.78 Å². The summed E-state index contributed by atoms with van der Waals surface area (Å²) in [6.45, 7) is 3.82. The average Bonchev–Trinajstić information content (AvgIpc) is 3.08. The van der Waals surface area contributed by atoms with Crippen molar-refractivity contribution in [2.45, 2.75) is 13.8 Å². The van der Waals surface area contributed by atoms with Crippen LogP contribution in [0.4, 0.5) is 0 Å². The number of imidazole rings is 1. The van der Waals surface area contributed by atoms with Gasteiger partial charge in [0, 0.05) is 10.0 Å². The van der Waals surface area contributed by atoms with E-state index in [1.807, 2.05) is 31.2 Å². The lowest BCUT2D eigenvalue weighted by Crippen LogP contribution is -2.14. The number of hydrogen-bond acceptors (Lipinski definition) is 5. The summed E-state index contributed by atoms with van der Waals surface area (Å²) >= 11 is 3.42. The summed E-state index contributed by atoms with van der Waals surface area (Å²) in [5.41, 5.74) is 3.76. The van der Waals surface area contributed by atoms with Gasteiger partial charge >= 0.3 is 5.97 Å². The van der Waals surface area contributed by atoms with Crippen molar-refractivity contribution in [3.8, 4) is 11.8 Å². The van der Waals surface area contributed by atoms with Crippen LogP contribution in [0.2, 0.25) is 0 Å². The Balaban J connectivity index is 1.95. The number of aromatic amines is 1. The predicted octanol–water partition coefficient (Wildman–Crippen LogP) is 4.64. The van der Waals surface area contributed by atoms with Gasteiger partial charge in [0.05, 0.1) is 23.2 Å². The van der Waals surface area contributed by atoms with E-state index >= 15 is 0 Å². The van der Waals surface area contributed by atoms with Crippen LogP contribution >= 0.6 is 15.9 Å². The van der Waals surface area contributed by atoms with Crippen molar-refractivity contribution in [2.75, 3.05) is 13.2 Å². The van der Waals surface area contributed by atoms with Crippen LogP contribution in [0.5, 0.6) is 5.75 Å². The van der Waals surface area contributed by atoms with Gasteiger partial charge in [0.2, 0.25) is 0 Å². The summed E-state index contributed by atoms with van der Waals surface area (Å²) in [7, 11) is 0. The molecule has 1 heterocycles. The zero-order valence-electron chi connectivity index (χ0n) is 15.5. The third-order valence-corrected chi connectivity index (χ3v) is 4.43. The molecule has 0 bridgehead atoms. The molecule has 1 N–H and O–H groups in total. The van der Waals surface area contributed by atoms with Crippen LogP contribution in [0.1, 0.15) is 23.9 Å². The lowest BCUT2D eigenvalue weighted by molar-refractivity contribution is -0.145. The Kier molecular flexibility index (Phi) is 6.12. The highest BCUT2D eigenvalue weighted by molar-refractivity contribution is 9.10. The number of nitrogens with zero attached hydrogens (tertiary/aromatic N) is 2. The maximum atomic E-state index is 11.6. The molecule has 28 heavy (non-hydrogen) atoms. The number of benzene rings is 2. The summed E-state index contributed by atoms with van der Waals surface area (Å²) < 4.78 is 11.3. The summed E-state index contributed by atoms with van der Waals surface area (Å²) in [5.74, 6) is 0.490. The van der Waals surface area contributed by atoms with Gasteiger partial charge in [0.1, 0.15) is 17.6 Å². The van der Waals surface area contributed by atoms with E-state index in [0.29, 0.717) is 29.3 Å². The Morgan fingerprint density at radius 1 is 1.32 bits per heavy atom. The highest BCUT2D eigenvalue weighted by Crippen LogP contribution is 2.28. The number of carbonyl (C=O) groups excluding carboxylic acids is 1. The fraction of sp³-hybridized carbons (Fsp3) is 0.190.